The van der Waals surface area contributed by atoms with Crippen LogP contribution >= 0.6 is 27.7 Å². The number of ether oxygens (including phenoxy) is 1. The summed E-state index contributed by atoms with van der Waals surface area (Å²) in [7, 11) is -3.79. The Hall–Kier alpha value is -2.04. The van der Waals surface area contributed by atoms with Crippen molar-refractivity contribution in [2.24, 2.45) is 5.92 Å². The molecule has 3 unspecified atom stereocenters. The van der Waals surface area contributed by atoms with E-state index in [9.17, 15) is 18.0 Å². The highest BCUT2D eigenvalue weighted by molar-refractivity contribution is 9.10. The van der Waals surface area contributed by atoms with E-state index in [1.807, 2.05) is 30.5 Å². The third kappa shape index (κ3) is 5.61. The minimum absolute atomic E-state index is 0.109. The molecule has 1 fully saturated rings. The number of esters is 1. The second kappa shape index (κ2) is 10.1. The maximum absolute atomic E-state index is 13.1. The van der Waals surface area contributed by atoms with Crippen LogP contribution in [0.2, 0.25) is 0 Å². The molecule has 0 saturated carbocycles. The Morgan fingerprint density at radius 2 is 1.87 bits per heavy atom. The van der Waals surface area contributed by atoms with Crippen LogP contribution in [0.1, 0.15) is 18.5 Å². The van der Waals surface area contributed by atoms with Crippen molar-refractivity contribution >= 4 is 49.5 Å². The first-order valence-corrected chi connectivity index (χ1v) is 13.3. The van der Waals surface area contributed by atoms with Gasteiger partial charge in [0.2, 0.25) is 0 Å². The summed E-state index contributed by atoms with van der Waals surface area (Å²) in [6, 6.07) is 11.6. The SMILES string of the molecule is CCOC(=O)C1C(CS(=O)(=O)c2cccc(Br)c2)NC(=O)NC1c1ccc(SC)cc1. The average Bonchev–Trinajstić information content (AvgIpc) is 2.73. The Balaban J connectivity index is 1.97. The highest BCUT2D eigenvalue weighted by Crippen LogP contribution is 2.32. The van der Waals surface area contributed by atoms with Crippen LogP contribution in [0.25, 0.3) is 0 Å². The molecule has 1 heterocycles. The van der Waals surface area contributed by atoms with E-state index in [0.717, 1.165) is 4.90 Å². The third-order valence-corrected chi connectivity index (χ3v) is 7.99. The lowest BCUT2D eigenvalue weighted by Gasteiger charge is -2.38. The average molecular weight is 527 g/mol. The van der Waals surface area contributed by atoms with E-state index >= 15 is 0 Å². The van der Waals surface area contributed by atoms with Gasteiger partial charge in [-0.1, -0.05) is 34.1 Å². The summed E-state index contributed by atoms with van der Waals surface area (Å²) in [5.41, 5.74) is 0.704. The van der Waals surface area contributed by atoms with Gasteiger partial charge < -0.3 is 15.4 Å². The first kappa shape index (κ1) is 23.6. The molecule has 1 aliphatic rings. The number of rotatable bonds is 7. The molecule has 31 heavy (non-hydrogen) atoms. The van der Waals surface area contributed by atoms with Crippen LogP contribution < -0.4 is 10.6 Å². The van der Waals surface area contributed by atoms with Crippen molar-refractivity contribution in [3.63, 3.8) is 0 Å². The summed E-state index contributed by atoms with van der Waals surface area (Å²) < 4.78 is 32.0. The van der Waals surface area contributed by atoms with E-state index in [2.05, 4.69) is 26.6 Å². The zero-order valence-electron chi connectivity index (χ0n) is 17.0. The molecule has 3 atom stereocenters. The minimum Gasteiger partial charge on any atom is -0.466 e. The van der Waals surface area contributed by atoms with Gasteiger partial charge >= 0.3 is 12.0 Å². The summed E-state index contributed by atoms with van der Waals surface area (Å²) in [6.45, 7) is 1.83. The fourth-order valence-corrected chi connectivity index (χ4v) is 6.05. The van der Waals surface area contributed by atoms with Gasteiger partial charge in [-0.2, -0.15) is 0 Å². The molecular weight excluding hydrogens is 504 g/mol. The van der Waals surface area contributed by atoms with Crippen molar-refractivity contribution in [3.8, 4) is 0 Å². The number of carbonyl (C=O) groups excluding carboxylic acids is 2. The number of hydrogen-bond acceptors (Lipinski definition) is 6. The summed E-state index contributed by atoms with van der Waals surface area (Å²) in [4.78, 5) is 26.4. The number of benzene rings is 2. The fourth-order valence-electron chi connectivity index (χ4n) is 3.54. The Morgan fingerprint density at radius 1 is 1.16 bits per heavy atom. The van der Waals surface area contributed by atoms with Gasteiger partial charge in [0.15, 0.2) is 9.84 Å². The van der Waals surface area contributed by atoms with Gasteiger partial charge in [0.1, 0.15) is 5.92 Å². The summed E-state index contributed by atoms with van der Waals surface area (Å²) >= 11 is 4.85. The van der Waals surface area contributed by atoms with Crippen LogP contribution in [0.3, 0.4) is 0 Å². The molecule has 2 aromatic carbocycles. The first-order valence-electron chi connectivity index (χ1n) is 9.61. The minimum atomic E-state index is -3.79. The monoisotopic (exact) mass is 526 g/mol. The molecule has 0 aromatic heterocycles. The molecular formula is C21H23BrN2O5S2. The summed E-state index contributed by atoms with van der Waals surface area (Å²) in [5, 5.41) is 5.39. The lowest BCUT2D eigenvalue weighted by atomic mass is 9.86. The van der Waals surface area contributed by atoms with Crippen molar-refractivity contribution in [2.75, 3.05) is 18.6 Å². The number of hydrogen-bond donors (Lipinski definition) is 2. The van der Waals surface area contributed by atoms with Crippen LogP contribution in [0.4, 0.5) is 4.79 Å². The molecule has 166 valence electrons. The standard InChI is InChI=1S/C21H23BrN2O5S2/c1-3-29-20(25)18-17(12-31(27,28)16-6-4-5-14(22)11-16)23-21(26)24-19(18)13-7-9-15(30-2)10-8-13/h4-11,17-19H,3,12H2,1-2H3,(H2,23,24,26). The lowest BCUT2D eigenvalue weighted by molar-refractivity contribution is -0.150. The molecule has 0 radical (unpaired) electrons. The number of halogens is 1. The number of nitrogens with one attached hydrogen (secondary N) is 2. The van der Waals surface area contributed by atoms with Crippen LogP contribution in [-0.2, 0) is 19.4 Å². The molecule has 0 bridgehead atoms. The zero-order valence-corrected chi connectivity index (χ0v) is 20.2. The lowest BCUT2D eigenvalue weighted by Crippen LogP contribution is -2.60. The van der Waals surface area contributed by atoms with Crippen molar-refractivity contribution in [3.05, 3.63) is 58.6 Å². The van der Waals surface area contributed by atoms with E-state index in [1.165, 1.54) is 12.1 Å². The number of urea groups is 1. The molecule has 2 aromatic rings. The number of thioether (sulfide) groups is 1. The van der Waals surface area contributed by atoms with E-state index in [4.69, 9.17) is 4.74 Å². The second-order valence-corrected chi connectivity index (χ2v) is 10.8. The molecule has 7 nitrogen and oxygen atoms in total. The first-order chi connectivity index (χ1) is 14.7. The topological polar surface area (TPSA) is 102 Å². The van der Waals surface area contributed by atoms with E-state index in [-0.39, 0.29) is 11.5 Å². The van der Waals surface area contributed by atoms with Crippen LogP contribution in [0.5, 0.6) is 0 Å². The molecule has 3 rings (SSSR count). The van der Waals surface area contributed by atoms with Crippen molar-refractivity contribution in [2.45, 2.75) is 28.8 Å². The largest absolute Gasteiger partial charge is 0.466 e. The second-order valence-electron chi connectivity index (χ2n) is 6.99. The Kier molecular flexibility index (Phi) is 7.66. The van der Waals surface area contributed by atoms with Gasteiger partial charge in [0, 0.05) is 9.37 Å². The molecule has 2 N–H and O–H groups in total. The Morgan fingerprint density at radius 3 is 2.48 bits per heavy atom. The number of sulfone groups is 1. The van der Waals surface area contributed by atoms with Gasteiger partial charge in [-0.05, 0) is 49.1 Å². The highest BCUT2D eigenvalue weighted by Gasteiger charge is 2.44. The van der Waals surface area contributed by atoms with E-state index in [0.29, 0.717) is 10.0 Å². The summed E-state index contributed by atoms with van der Waals surface area (Å²) in [6.07, 6.45) is 1.95. The van der Waals surface area contributed by atoms with Crippen molar-refractivity contribution in [1.29, 1.82) is 0 Å². The van der Waals surface area contributed by atoms with Crippen LogP contribution in [-0.4, -0.2) is 45.1 Å². The highest BCUT2D eigenvalue weighted by atomic mass is 79.9. The Bertz CT molecular complexity index is 1060. The smallest absolute Gasteiger partial charge is 0.315 e. The van der Waals surface area contributed by atoms with Gasteiger partial charge in [-0.25, -0.2) is 13.2 Å². The molecule has 10 heteroatoms. The fraction of sp³-hybridized carbons (Fsp3) is 0.333. The van der Waals surface area contributed by atoms with Gasteiger partial charge in [0.25, 0.3) is 0 Å². The number of carbonyl (C=O) groups is 2. The van der Waals surface area contributed by atoms with Crippen LogP contribution in [0, 0.1) is 5.92 Å². The van der Waals surface area contributed by atoms with Crippen molar-refractivity contribution in [1.82, 2.24) is 10.6 Å². The maximum atomic E-state index is 13.1. The molecule has 2 amide bonds. The van der Waals surface area contributed by atoms with Gasteiger partial charge in [-0.15, -0.1) is 11.8 Å². The zero-order chi connectivity index (χ0) is 22.6. The molecule has 0 aliphatic carbocycles. The predicted molar refractivity (Wildman–Crippen MR) is 123 cm³/mol. The van der Waals surface area contributed by atoms with E-state index < -0.39 is 45.6 Å². The quantitative estimate of drug-likeness (QED) is 0.422. The Labute approximate surface area is 194 Å². The molecule has 1 aliphatic heterocycles. The van der Waals surface area contributed by atoms with Crippen LogP contribution in [0.15, 0.2) is 62.8 Å². The third-order valence-electron chi connectivity index (χ3n) is 4.98. The van der Waals surface area contributed by atoms with Gasteiger partial charge in [-0.3, -0.25) is 4.79 Å². The predicted octanol–water partition coefficient (Wildman–Crippen LogP) is 3.55. The normalized spacial score (nSPS) is 21.1. The maximum Gasteiger partial charge on any atom is 0.315 e. The number of amides is 2. The van der Waals surface area contributed by atoms with E-state index in [1.54, 1.807) is 30.8 Å². The molecule has 1 saturated heterocycles. The molecule has 0 spiro atoms. The summed E-state index contributed by atoms with van der Waals surface area (Å²) in [5.74, 6) is -1.91. The van der Waals surface area contributed by atoms with Gasteiger partial charge in [0.05, 0.1) is 29.3 Å². The van der Waals surface area contributed by atoms with Crippen molar-refractivity contribution < 1.29 is 22.7 Å².